The quantitative estimate of drug-likeness (QED) is 0.670. The molecule has 0 aromatic heterocycles. The van der Waals surface area contributed by atoms with E-state index in [2.05, 4.69) is 0 Å². The molecule has 0 aliphatic heterocycles. The van der Waals surface area contributed by atoms with Crippen molar-refractivity contribution in [2.75, 3.05) is 6.54 Å². The summed E-state index contributed by atoms with van der Waals surface area (Å²) >= 11 is 0. The second-order valence-corrected chi connectivity index (χ2v) is 4.59. The number of benzene rings is 1. The SMILES string of the molecule is NCC1(c2cccc([N+](=O)[O-])c2F)CC(F)(F)C1. The minimum Gasteiger partial charge on any atom is -0.330 e. The molecule has 1 aromatic rings. The summed E-state index contributed by atoms with van der Waals surface area (Å²) in [6.07, 6.45) is -1.15. The Morgan fingerprint density at radius 2 is 2.00 bits per heavy atom. The molecule has 1 saturated carbocycles. The molecule has 1 aliphatic carbocycles. The molecule has 0 atom stereocenters. The number of hydrogen-bond acceptors (Lipinski definition) is 3. The van der Waals surface area contributed by atoms with Gasteiger partial charge in [0.2, 0.25) is 11.7 Å². The van der Waals surface area contributed by atoms with Crippen molar-refractivity contribution in [1.29, 1.82) is 0 Å². The number of nitro groups is 1. The number of hydrogen-bond donors (Lipinski definition) is 1. The van der Waals surface area contributed by atoms with Crippen LogP contribution in [0, 0.1) is 15.9 Å². The normalized spacial score (nSPS) is 20.2. The maximum absolute atomic E-state index is 13.9. The Bertz CT molecular complexity index is 497. The summed E-state index contributed by atoms with van der Waals surface area (Å²) in [7, 11) is 0. The highest BCUT2D eigenvalue weighted by atomic mass is 19.3. The Kier molecular flexibility index (Phi) is 2.81. The molecule has 4 nitrogen and oxygen atoms in total. The zero-order valence-electron chi connectivity index (χ0n) is 9.33. The van der Waals surface area contributed by atoms with E-state index in [1.165, 1.54) is 12.1 Å². The number of alkyl halides is 2. The molecule has 0 spiro atoms. The third kappa shape index (κ3) is 1.84. The first kappa shape index (κ1) is 12.8. The molecular weight excluding hydrogens is 249 g/mol. The summed E-state index contributed by atoms with van der Waals surface area (Å²) in [5.74, 6) is -3.94. The predicted molar refractivity (Wildman–Crippen MR) is 58.0 cm³/mol. The van der Waals surface area contributed by atoms with Gasteiger partial charge in [0.15, 0.2) is 0 Å². The van der Waals surface area contributed by atoms with Crippen LogP contribution in [0.25, 0.3) is 0 Å². The van der Waals surface area contributed by atoms with E-state index in [0.717, 1.165) is 6.07 Å². The van der Waals surface area contributed by atoms with Gasteiger partial charge in [0.25, 0.3) is 0 Å². The first-order valence-corrected chi connectivity index (χ1v) is 5.33. The lowest BCUT2D eigenvalue weighted by molar-refractivity contribution is -0.387. The summed E-state index contributed by atoms with van der Waals surface area (Å²) in [6.45, 7) is -0.166. The van der Waals surface area contributed by atoms with Crippen LogP contribution in [-0.2, 0) is 5.41 Å². The lowest BCUT2D eigenvalue weighted by Gasteiger charge is -2.47. The highest BCUT2D eigenvalue weighted by Gasteiger charge is 2.57. The molecule has 1 aliphatic rings. The second kappa shape index (κ2) is 3.94. The topological polar surface area (TPSA) is 69.2 Å². The minimum atomic E-state index is -2.88. The summed E-state index contributed by atoms with van der Waals surface area (Å²) in [4.78, 5) is 9.73. The van der Waals surface area contributed by atoms with E-state index in [1.54, 1.807) is 0 Å². The van der Waals surface area contributed by atoms with Crippen LogP contribution in [0.4, 0.5) is 18.9 Å². The van der Waals surface area contributed by atoms with E-state index in [-0.39, 0.29) is 12.1 Å². The molecule has 18 heavy (non-hydrogen) atoms. The van der Waals surface area contributed by atoms with E-state index < -0.39 is 40.6 Å². The summed E-state index contributed by atoms with van der Waals surface area (Å²) in [5, 5.41) is 10.6. The zero-order valence-corrected chi connectivity index (χ0v) is 9.33. The Balaban J connectivity index is 2.45. The van der Waals surface area contributed by atoms with Crippen LogP contribution < -0.4 is 5.73 Å². The largest absolute Gasteiger partial charge is 0.330 e. The van der Waals surface area contributed by atoms with E-state index >= 15 is 0 Å². The summed E-state index contributed by atoms with van der Waals surface area (Å²) in [6, 6.07) is 3.56. The Morgan fingerprint density at radius 1 is 1.39 bits per heavy atom. The van der Waals surface area contributed by atoms with Crippen LogP contribution in [-0.4, -0.2) is 17.4 Å². The average molecular weight is 260 g/mol. The van der Waals surface area contributed by atoms with Crippen molar-refractivity contribution < 1.29 is 18.1 Å². The van der Waals surface area contributed by atoms with Crippen LogP contribution in [0.1, 0.15) is 18.4 Å². The van der Waals surface area contributed by atoms with Crippen LogP contribution in [0.3, 0.4) is 0 Å². The van der Waals surface area contributed by atoms with Gasteiger partial charge >= 0.3 is 5.69 Å². The molecule has 0 unspecified atom stereocenters. The van der Waals surface area contributed by atoms with Gasteiger partial charge in [-0.25, -0.2) is 8.78 Å². The molecular formula is C11H11F3N2O2. The molecule has 0 saturated heterocycles. The summed E-state index contributed by atoms with van der Waals surface area (Å²) in [5.41, 5.74) is 3.45. The van der Waals surface area contributed by atoms with Gasteiger partial charge in [-0.2, -0.15) is 4.39 Å². The van der Waals surface area contributed by atoms with Gasteiger partial charge in [0.1, 0.15) is 0 Å². The Morgan fingerprint density at radius 3 is 2.44 bits per heavy atom. The van der Waals surface area contributed by atoms with Crippen molar-refractivity contribution in [3.63, 3.8) is 0 Å². The molecule has 0 amide bonds. The standard InChI is InChI=1S/C11H11F3N2O2/c12-9-7(2-1-3-8(9)16(17)18)10(6-15)4-11(13,14)5-10/h1-3H,4-6,15H2. The number of nitro benzene ring substituents is 1. The molecule has 0 heterocycles. The van der Waals surface area contributed by atoms with Crippen molar-refractivity contribution in [1.82, 2.24) is 0 Å². The smallest absolute Gasteiger partial charge is 0.305 e. The first-order chi connectivity index (χ1) is 8.31. The minimum absolute atomic E-state index is 0.0925. The van der Waals surface area contributed by atoms with Crippen LogP contribution in [0.5, 0.6) is 0 Å². The van der Waals surface area contributed by atoms with Crippen molar-refractivity contribution in [2.45, 2.75) is 24.2 Å². The van der Waals surface area contributed by atoms with Crippen molar-refractivity contribution >= 4 is 5.69 Å². The van der Waals surface area contributed by atoms with E-state index in [1.807, 2.05) is 0 Å². The monoisotopic (exact) mass is 260 g/mol. The molecule has 0 bridgehead atoms. The van der Waals surface area contributed by atoms with E-state index in [9.17, 15) is 23.3 Å². The lowest BCUT2D eigenvalue weighted by atomic mass is 9.62. The summed E-state index contributed by atoms with van der Waals surface area (Å²) < 4.78 is 39.9. The third-order valence-corrected chi connectivity index (χ3v) is 3.33. The van der Waals surface area contributed by atoms with Gasteiger partial charge in [-0.05, 0) is 0 Å². The fourth-order valence-corrected chi connectivity index (χ4v) is 2.45. The maximum atomic E-state index is 13.9. The van der Waals surface area contributed by atoms with Gasteiger partial charge in [0.05, 0.1) is 4.92 Å². The Hall–Kier alpha value is -1.63. The zero-order chi connectivity index (χ0) is 13.6. The molecule has 1 fully saturated rings. The number of nitrogens with two attached hydrogens (primary N) is 1. The van der Waals surface area contributed by atoms with Crippen molar-refractivity contribution in [3.8, 4) is 0 Å². The van der Waals surface area contributed by atoms with Crippen LogP contribution in [0.2, 0.25) is 0 Å². The Labute approximate surface area is 101 Å². The van der Waals surface area contributed by atoms with Crippen LogP contribution in [0.15, 0.2) is 18.2 Å². The molecule has 1 aromatic carbocycles. The molecule has 98 valence electrons. The van der Waals surface area contributed by atoms with Crippen molar-refractivity contribution in [3.05, 3.63) is 39.7 Å². The second-order valence-electron chi connectivity index (χ2n) is 4.59. The fourth-order valence-electron chi connectivity index (χ4n) is 2.45. The molecule has 2 rings (SSSR count). The van der Waals surface area contributed by atoms with Gasteiger partial charge in [0, 0.05) is 36.4 Å². The third-order valence-electron chi connectivity index (χ3n) is 3.33. The first-order valence-electron chi connectivity index (χ1n) is 5.33. The fraction of sp³-hybridized carbons (Fsp3) is 0.455. The van der Waals surface area contributed by atoms with Crippen LogP contribution >= 0.6 is 0 Å². The number of nitrogens with zero attached hydrogens (tertiary/aromatic N) is 1. The van der Waals surface area contributed by atoms with Gasteiger partial charge in [-0.1, -0.05) is 12.1 Å². The molecule has 7 heteroatoms. The maximum Gasteiger partial charge on any atom is 0.305 e. The van der Waals surface area contributed by atoms with E-state index in [0.29, 0.717) is 0 Å². The number of rotatable bonds is 3. The van der Waals surface area contributed by atoms with E-state index in [4.69, 9.17) is 5.73 Å². The predicted octanol–water partition coefficient (Wildman–Crippen LogP) is 2.36. The molecule has 2 N–H and O–H groups in total. The average Bonchev–Trinajstić information content (AvgIpc) is 2.25. The van der Waals surface area contributed by atoms with Gasteiger partial charge < -0.3 is 5.73 Å². The van der Waals surface area contributed by atoms with Gasteiger partial charge in [-0.15, -0.1) is 0 Å². The number of halogens is 3. The highest BCUT2D eigenvalue weighted by Crippen LogP contribution is 2.53. The van der Waals surface area contributed by atoms with Gasteiger partial charge in [-0.3, -0.25) is 10.1 Å². The lowest BCUT2D eigenvalue weighted by Crippen LogP contribution is -2.54. The molecule has 0 radical (unpaired) electrons. The highest BCUT2D eigenvalue weighted by molar-refractivity contribution is 5.42. The van der Waals surface area contributed by atoms with Crippen molar-refractivity contribution in [2.24, 2.45) is 5.73 Å².